The number of anilines is 1. The maximum absolute atomic E-state index is 12.1. The normalized spacial score (nSPS) is 14.0. The molecule has 0 bridgehead atoms. The van der Waals surface area contributed by atoms with Crippen molar-refractivity contribution in [2.75, 3.05) is 12.4 Å². The Bertz CT molecular complexity index is 973. The lowest BCUT2D eigenvalue weighted by Crippen LogP contribution is -2.14. The third-order valence-corrected chi connectivity index (χ3v) is 4.91. The number of H-pyrrole nitrogens is 1. The summed E-state index contributed by atoms with van der Waals surface area (Å²) in [5.41, 5.74) is 2.96. The first kappa shape index (κ1) is 17.3. The molecule has 0 unspecified atom stereocenters. The fourth-order valence-electron chi connectivity index (χ4n) is 2.87. The minimum atomic E-state index is -0.00590. The second kappa shape index (κ2) is 6.87. The minimum Gasteiger partial charge on any atom is -0.335 e. The van der Waals surface area contributed by atoms with E-state index in [0.717, 1.165) is 18.4 Å². The molecular formula is C18H17Cl2N5O. The molecule has 4 rings (SSSR count). The topological polar surface area (TPSA) is 82.7 Å². The zero-order valence-electron chi connectivity index (χ0n) is 14.1. The highest BCUT2D eigenvalue weighted by Crippen LogP contribution is 2.36. The van der Waals surface area contributed by atoms with E-state index in [1.54, 1.807) is 12.3 Å². The Balaban J connectivity index is 1.75. The third-order valence-electron chi connectivity index (χ3n) is 4.31. The first-order valence-corrected chi connectivity index (χ1v) is 9.11. The summed E-state index contributed by atoms with van der Waals surface area (Å²) in [6.07, 6.45) is 3.48. The van der Waals surface area contributed by atoms with Crippen molar-refractivity contribution >= 4 is 46.0 Å². The predicted octanol–water partition coefficient (Wildman–Crippen LogP) is 4.00. The number of rotatable bonds is 5. The van der Waals surface area contributed by atoms with Crippen LogP contribution >= 0.6 is 23.2 Å². The highest BCUT2D eigenvalue weighted by atomic mass is 35.5. The van der Waals surface area contributed by atoms with Crippen LogP contribution in [0, 0.1) is 5.92 Å². The number of nitrogens with zero attached hydrogens (tertiary/aromatic N) is 2. The van der Waals surface area contributed by atoms with E-state index in [4.69, 9.17) is 23.2 Å². The molecule has 1 saturated carbocycles. The van der Waals surface area contributed by atoms with Gasteiger partial charge in [0.1, 0.15) is 11.3 Å². The Labute approximate surface area is 160 Å². The summed E-state index contributed by atoms with van der Waals surface area (Å²) in [6, 6.07) is 5.50. The van der Waals surface area contributed by atoms with Crippen LogP contribution in [0.25, 0.3) is 22.4 Å². The van der Waals surface area contributed by atoms with Gasteiger partial charge >= 0.3 is 0 Å². The van der Waals surface area contributed by atoms with Gasteiger partial charge in [-0.1, -0.05) is 23.2 Å². The number of halogens is 2. The van der Waals surface area contributed by atoms with Crippen LogP contribution in [-0.4, -0.2) is 27.9 Å². The number of aromatic nitrogens is 3. The Morgan fingerprint density at radius 1 is 1.31 bits per heavy atom. The predicted molar refractivity (Wildman–Crippen MR) is 103 cm³/mol. The molecule has 0 aliphatic heterocycles. The lowest BCUT2D eigenvalue weighted by atomic mass is 10.1. The van der Waals surface area contributed by atoms with E-state index in [-0.39, 0.29) is 11.8 Å². The van der Waals surface area contributed by atoms with Crippen molar-refractivity contribution in [3.63, 3.8) is 0 Å². The monoisotopic (exact) mass is 389 g/mol. The minimum absolute atomic E-state index is 0.00590. The Kier molecular flexibility index (Phi) is 4.56. The highest BCUT2D eigenvalue weighted by Gasteiger charge is 2.30. The molecule has 1 aromatic carbocycles. The van der Waals surface area contributed by atoms with E-state index < -0.39 is 0 Å². The van der Waals surface area contributed by atoms with Crippen LogP contribution in [0.2, 0.25) is 10.0 Å². The van der Waals surface area contributed by atoms with Crippen LogP contribution in [0.15, 0.2) is 24.4 Å². The fraction of sp³-hybridized carbons (Fsp3) is 0.278. The number of amides is 1. The molecule has 0 saturated heterocycles. The first-order chi connectivity index (χ1) is 12.6. The summed E-state index contributed by atoms with van der Waals surface area (Å²) < 4.78 is 0. The number of hydrogen-bond donors (Lipinski definition) is 3. The van der Waals surface area contributed by atoms with Gasteiger partial charge in [-0.25, -0.2) is 9.97 Å². The molecule has 2 heterocycles. The van der Waals surface area contributed by atoms with Crippen LogP contribution in [0.3, 0.4) is 0 Å². The van der Waals surface area contributed by atoms with Crippen LogP contribution in [0.4, 0.5) is 5.82 Å². The Morgan fingerprint density at radius 3 is 2.69 bits per heavy atom. The summed E-state index contributed by atoms with van der Waals surface area (Å²) in [7, 11) is 1.86. The number of carbonyl (C=O) groups excluding carboxylic acids is 1. The lowest BCUT2D eigenvalue weighted by Gasteiger charge is -2.08. The lowest BCUT2D eigenvalue weighted by molar-refractivity contribution is -0.117. The van der Waals surface area contributed by atoms with Crippen LogP contribution < -0.4 is 10.6 Å². The van der Waals surface area contributed by atoms with Gasteiger partial charge in [-0.3, -0.25) is 4.79 Å². The van der Waals surface area contributed by atoms with Gasteiger partial charge in [0.15, 0.2) is 5.82 Å². The van der Waals surface area contributed by atoms with E-state index >= 15 is 0 Å². The number of carbonyl (C=O) groups is 1. The van der Waals surface area contributed by atoms with E-state index in [2.05, 4.69) is 25.6 Å². The molecule has 0 radical (unpaired) electrons. The number of hydrogen-bond acceptors (Lipinski definition) is 4. The van der Waals surface area contributed by atoms with E-state index in [1.165, 1.54) is 0 Å². The van der Waals surface area contributed by atoms with Gasteiger partial charge in [-0.15, -0.1) is 0 Å². The largest absolute Gasteiger partial charge is 0.335 e. The van der Waals surface area contributed by atoms with Crippen molar-refractivity contribution < 1.29 is 4.79 Å². The van der Waals surface area contributed by atoms with E-state index in [1.807, 2.05) is 19.2 Å². The standard InChI is InChI=1S/C18H17Cl2N5O/c1-21-8-9-6-11(19)14(12(20)7-9)16-23-13-4-5-22-17(15(13)24-16)25-18(26)10-2-3-10/h4-7,10,21H,2-3,8H2,1H3,(H,23,24)(H,22,25,26). The Morgan fingerprint density at radius 2 is 2.04 bits per heavy atom. The zero-order valence-corrected chi connectivity index (χ0v) is 15.6. The number of nitrogens with one attached hydrogen (secondary N) is 3. The summed E-state index contributed by atoms with van der Waals surface area (Å²) in [5, 5.41) is 6.97. The molecule has 134 valence electrons. The number of fused-ring (bicyclic) bond motifs is 1. The van der Waals surface area contributed by atoms with E-state index in [9.17, 15) is 4.79 Å². The van der Waals surface area contributed by atoms with Crippen molar-refractivity contribution in [1.29, 1.82) is 0 Å². The van der Waals surface area contributed by atoms with Gasteiger partial charge in [0.2, 0.25) is 5.91 Å². The molecule has 1 aliphatic rings. The number of imidazole rings is 1. The molecule has 3 N–H and O–H groups in total. The molecule has 6 nitrogen and oxygen atoms in total. The molecule has 2 aromatic heterocycles. The summed E-state index contributed by atoms with van der Waals surface area (Å²) in [4.78, 5) is 24.1. The molecule has 8 heteroatoms. The fourth-order valence-corrected chi connectivity index (χ4v) is 3.58. The summed E-state index contributed by atoms with van der Waals surface area (Å²) in [6.45, 7) is 0.668. The number of benzene rings is 1. The molecule has 1 fully saturated rings. The zero-order chi connectivity index (χ0) is 18.3. The van der Waals surface area contributed by atoms with Gasteiger partial charge in [0.05, 0.1) is 21.1 Å². The SMILES string of the molecule is CNCc1cc(Cl)c(-c2nc3ccnc(NC(=O)C4CC4)c3[nH]2)c(Cl)c1. The molecule has 3 aromatic rings. The first-order valence-electron chi connectivity index (χ1n) is 8.35. The Hall–Kier alpha value is -2.15. The second-order valence-electron chi connectivity index (χ2n) is 6.37. The van der Waals surface area contributed by atoms with Crippen molar-refractivity contribution in [3.05, 3.63) is 40.0 Å². The van der Waals surface area contributed by atoms with Crippen LogP contribution in [-0.2, 0) is 11.3 Å². The highest BCUT2D eigenvalue weighted by molar-refractivity contribution is 6.39. The van der Waals surface area contributed by atoms with Crippen molar-refractivity contribution in [3.8, 4) is 11.4 Å². The van der Waals surface area contributed by atoms with Gasteiger partial charge < -0.3 is 15.6 Å². The average Bonchev–Trinajstić information content (AvgIpc) is 3.35. The third kappa shape index (κ3) is 3.28. The quantitative estimate of drug-likeness (QED) is 0.615. The smallest absolute Gasteiger partial charge is 0.228 e. The van der Waals surface area contributed by atoms with Crippen molar-refractivity contribution in [1.82, 2.24) is 20.3 Å². The summed E-state index contributed by atoms with van der Waals surface area (Å²) in [5.74, 6) is 1.10. The second-order valence-corrected chi connectivity index (χ2v) is 7.18. The maximum Gasteiger partial charge on any atom is 0.228 e. The van der Waals surface area contributed by atoms with Gasteiger partial charge in [-0.2, -0.15) is 0 Å². The van der Waals surface area contributed by atoms with Crippen LogP contribution in [0.1, 0.15) is 18.4 Å². The molecule has 0 spiro atoms. The van der Waals surface area contributed by atoms with Crippen molar-refractivity contribution in [2.45, 2.75) is 19.4 Å². The summed E-state index contributed by atoms with van der Waals surface area (Å²) >= 11 is 12.9. The van der Waals surface area contributed by atoms with Gasteiger partial charge in [0.25, 0.3) is 0 Å². The van der Waals surface area contributed by atoms with Gasteiger partial charge in [0, 0.05) is 18.7 Å². The molecule has 1 aliphatic carbocycles. The molecule has 26 heavy (non-hydrogen) atoms. The van der Waals surface area contributed by atoms with Crippen molar-refractivity contribution in [2.24, 2.45) is 5.92 Å². The van der Waals surface area contributed by atoms with Crippen LogP contribution in [0.5, 0.6) is 0 Å². The van der Waals surface area contributed by atoms with E-state index in [0.29, 0.717) is 44.8 Å². The molecule has 1 amide bonds. The molecule has 0 atom stereocenters. The number of pyridine rings is 1. The number of aromatic amines is 1. The van der Waals surface area contributed by atoms with Gasteiger partial charge in [-0.05, 0) is 43.7 Å². The average molecular weight is 390 g/mol. The maximum atomic E-state index is 12.1. The molecular weight excluding hydrogens is 373 g/mol.